The second-order valence-electron chi connectivity index (χ2n) is 3.86. The molecule has 1 saturated heterocycles. The molecule has 0 aromatic carbocycles. The summed E-state index contributed by atoms with van der Waals surface area (Å²) in [7, 11) is 3.30. The van der Waals surface area contributed by atoms with Gasteiger partial charge in [-0.05, 0) is 26.3 Å². The Bertz CT molecular complexity index is 219. The van der Waals surface area contributed by atoms with Gasteiger partial charge in [-0.25, -0.2) is 0 Å². The van der Waals surface area contributed by atoms with Crippen molar-refractivity contribution in [3.05, 3.63) is 0 Å². The molecule has 1 fully saturated rings. The Hall–Kier alpha value is -0.610. The summed E-state index contributed by atoms with van der Waals surface area (Å²) in [6, 6.07) is 0.0917. The van der Waals surface area contributed by atoms with Gasteiger partial charge in [-0.2, -0.15) is 0 Å². The highest BCUT2D eigenvalue weighted by atomic mass is 16.5. The lowest BCUT2D eigenvalue weighted by Gasteiger charge is -2.34. The highest BCUT2D eigenvalue weighted by Gasteiger charge is 2.49. The summed E-state index contributed by atoms with van der Waals surface area (Å²) in [5.41, 5.74) is -0.512. The monoisotopic (exact) mass is 201 g/mol. The minimum absolute atomic E-state index is 0.0917. The summed E-state index contributed by atoms with van der Waals surface area (Å²) in [5.74, 6) is -0.182. The van der Waals surface area contributed by atoms with Crippen molar-refractivity contribution in [3.63, 3.8) is 0 Å². The van der Waals surface area contributed by atoms with E-state index in [2.05, 4.69) is 0 Å². The maximum atomic E-state index is 11.7. The van der Waals surface area contributed by atoms with Crippen LogP contribution in [0.4, 0.5) is 0 Å². The fourth-order valence-corrected chi connectivity index (χ4v) is 2.35. The molecule has 1 aliphatic heterocycles. The second-order valence-corrected chi connectivity index (χ2v) is 3.86. The average Bonchev–Trinajstić information content (AvgIpc) is 2.55. The molecule has 2 unspecified atom stereocenters. The van der Waals surface area contributed by atoms with Gasteiger partial charge in [0, 0.05) is 6.04 Å². The number of esters is 1. The Morgan fingerprint density at radius 1 is 1.71 bits per heavy atom. The van der Waals surface area contributed by atoms with Gasteiger partial charge in [0.1, 0.15) is 5.54 Å². The van der Waals surface area contributed by atoms with Crippen LogP contribution in [0, 0.1) is 0 Å². The van der Waals surface area contributed by atoms with Gasteiger partial charge in [0.2, 0.25) is 0 Å². The predicted octanol–water partition coefficient (Wildman–Crippen LogP) is 0.395. The largest absolute Gasteiger partial charge is 0.468 e. The topological polar surface area (TPSA) is 49.8 Å². The number of aliphatic hydroxyl groups is 1. The van der Waals surface area contributed by atoms with Gasteiger partial charge in [0.25, 0.3) is 0 Å². The quantitative estimate of drug-likeness (QED) is 0.671. The van der Waals surface area contributed by atoms with E-state index in [9.17, 15) is 4.79 Å². The van der Waals surface area contributed by atoms with Crippen LogP contribution < -0.4 is 0 Å². The molecule has 0 spiro atoms. The maximum absolute atomic E-state index is 11.7. The Kier molecular flexibility index (Phi) is 3.50. The normalized spacial score (nSPS) is 33.3. The number of methoxy groups -OCH3 is 1. The van der Waals surface area contributed by atoms with E-state index in [0.29, 0.717) is 0 Å². The highest BCUT2D eigenvalue weighted by Crippen LogP contribution is 2.35. The molecule has 4 heteroatoms. The molecule has 2 atom stereocenters. The van der Waals surface area contributed by atoms with Gasteiger partial charge in [0.15, 0.2) is 0 Å². The van der Waals surface area contributed by atoms with Crippen LogP contribution >= 0.6 is 0 Å². The van der Waals surface area contributed by atoms with Gasteiger partial charge in [-0.1, -0.05) is 6.92 Å². The Balaban J connectivity index is 2.86. The van der Waals surface area contributed by atoms with E-state index in [1.165, 1.54) is 7.11 Å². The van der Waals surface area contributed by atoms with Crippen molar-refractivity contribution in [1.29, 1.82) is 0 Å². The number of carbonyl (C=O) groups excluding carboxylic acids is 1. The molecular weight excluding hydrogens is 182 g/mol. The zero-order valence-electron chi connectivity index (χ0n) is 9.12. The minimum atomic E-state index is -0.512. The number of nitrogens with zero attached hydrogens (tertiary/aromatic N) is 1. The minimum Gasteiger partial charge on any atom is -0.468 e. The molecule has 0 aliphatic carbocycles. The van der Waals surface area contributed by atoms with Crippen LogP contribution in [0.1, 0.15) is 26.2 Å². The van der Waals surface area contributed by atoms with E-state index in [1.54, 1.807) is 0 Å². The number of aliphatic hydroxyl groups excluding tert-OH is 1. The van der Waals surface area contributed by atoms with Crippen LogP contribution in [0.5, 0.6) is 0 Å². The standard InChI is InChI=1S/C10H19NO3/c1-4-10(9(13)14-3)6-5-8(7-12)11(10)2/h8,12H,4-7H2,1-3H3. The fraction of sp³-hybridized carbons (Fsp3) is 0.900. The van der Waals surface area contributed by atoms with E-state index in [4.69, 9.17) is 9.84 Å². The summed E-state index contributed by atoms with van der Waals surface area (Å²) in [4.78, 5) is 13.7. The first-order valence-electron chi connectivity index (χ1n) is 5.04. The lowest BCUT2D eigenvalue weighted by Crippen LogP contribution is -2.51. The first-order chi connectivity index (χ1) is 6.62. The molecule has 82 valence electrons. The zero-order chi connectivity index (χ0) is 10.8. The Labute approximate surface area is 84.8 Å². The fourth-order valence-electron chi connectivity index (χ4n) is 2.35. The van der Waals surface area contributed by atoms with Crippen LogP contribution in [0.2, 0.25) is 0 Å². The molecule has 0 radical (unpaired) electrons. The summed E-state index contributed by atoms with van der Waals surface area (Å²) in [5, 5.41) is 9.12. The maximum Gasteiger partial charge on any atom is 0.326 e. The number of likely N-dealkylation sites (tertiary alicyclic amines) is 1. The summed E-state index contributed by atoms with van der Waals surface area (Å²) in [6.45, 7) is 2.09. The van der Waals surface area contributed by atoms with E-state index >= 15 is 0 Å². The third kappa shape index (κ3) is 1.53. The highest BCUT2D eigenvalue weighted by molar-refractivity contribution is 5.81. The first kappa shape index (κ1) is 11.5. The number of likely N-dealkylation sites (N-methyl/N-ethyl adjacent to an activating group) is 1. The predicted molar refractivity (Wildman–Crippen MR) is 52.9 cm³/mol. The molecule has 14 heavy (non-hydrogen) atoms. The lowest BCUT2D eigenvalue weighted by atomic mass is 9.93. The summed E-state index contributed by atoms with van der Waals surface area (Å²) < 4.78 is 4.83. The van der Waals surface area contributed by atoms with Crippen molar-refractivity contribution in [1.82, 2.24) is 4.90 Å². The Morgan fingerprint density at radius 3 is 2.71 bits per heavy atom. The van der Waals surface area contributed by atoms with Crippen LogP contribution in [-0.2, 0) is 9.53 Å². The van der Waals surface area contributed by atoms with E-state index in [-0.39, 0.29) is 18.6 Å². The van der Waals surface area contributed by atoms with E-state index in [1.807, 2.05) is 18.9 Å². The molecule has 0 aromatic heterocycles. The number of hydrogen-bond acceptors (Lipinski definition) is 4. The van der Waals surface area contributed by atoms with Crippen molar-refractivity contribution in [2.45, 2.75) is 37.8 Å². The molecule has 0 saturated carbocycles. The number of rotatable bonds is 3. The molecule has 1 heterocycles. The molecule has 1 N–H and O–H groups in total. The van der Waals surface area contributed by atoms with Gasteiger partial charge in [-0.3, -0.25) is 9.69 Å². The molecule has 1 rings (SSSR count). The number of ether oxygens (including phenoxy) is 1. The summed E-state index contributed by atoms with van der Waals surface area (Å²) >= 11 is 0. The van der Waals surface area contributed by atoms with Gasteiger partial charge in [0.05, 0.1) is 13.7 Å². The number of hydrogen-bond donors (Lipinski definition) is 1. The van der Waals surface area contributed by atoms with Crippen molar-refractivity contribution >= 4 is 5.97 Å². The molecule has 4 nitrogen and oxygen atoms in total. The van der Waals surface area contributed by atoms with Crippen molar-refractivity contribution < 1.29 is 14.6 Å². The van der Waals surface area contributed by atoms with Crippen LogP contribution in [0.25, 0.3) is 0 Å². The van der Waals surface area contributed by atoms with Gasteiger partial charge >= 0.3 is 5.97 Å². The molecule has 0 bridgehead atoms. The zero-order valence-corrected chi connectivity index (χ0v) is 9.12. The van der Waals surface area contributed by atoms with Crippen molar-refractivity contribution in [2.75, 3.05) is 20.8 Å². The molecule has 0 aromatic rings. The molecule has 0 amide bonds. The smallest absolute Gasteiger partial charge is 0.326 e. The van der Waals surface area contributed by atoms with E-state index in [0.717, 1.165) is 19.3 Å². The Morgan fingerprint density at radius 2 is 2.36 bits per heavy atom. The lowest BCUT2D eigenvalue weighted by molar-refractivity contribution is -0.154. The second kappa shape index (κ2) is 4.28. The molecule has 1 aliphatic rings. The number of carbonyl (C=O) groups is 1. The third-order valence-electron chi connectivity index (χ3n) is 3.48. The first-order valence-corrected chi connectivity index (χ1v) is 5.04. The molecular formula is C10H19NO3. The summed E-state index contributed by atoms with van der Waals surface area (Å²) in [6.07, 6.45) is 2.36. The van der Waals surface area contributed by atoms with Gasteiger partial charge in [-0.15, -0.1) is 0 Å². The van der Waals surface area contributed by atoms with Crippen molar-refractivity contribution in [2.24, 2.45) is 0 Å². The van der Waals surface area contributed by atoms with Crippen molar-refractivity contribution in [3.8, 4) is 0 Å². The van der Waals surface area contributed by atoms with Crippen LogP contribution in [0.15, 0.2) is 0 Å². The van der Waals surface area contributed by atoms with Crippen LogP contribution in [0.3, 0.4) is 0 Å². The van der Waals surface area contributed by atoms with E-state index < -0.39 is 5.54 Å². The third-order valence-corrected chi connectivity index (χ3v) is 3.48. The SMILES string of the molecule is CCC1(C(=O)OC)CCC(CO)N1C. The van der Waals surface area contributed by atoms with Crippen LogP contribution in [-0.4, -0.2) is 48.3 Å². The average molecular weight is 201 g/mol. The van der Waals surface area contributed by atoms with Gasteiger partial charge < -0.3 is 9.84 Å².